The third-order valence-electron chi connectivity index (χ3n) is 5.29. The summed E-state index contributed by atoms with van der Waals surface area (Å²) >= 11 is 1.55. The number of nitrogens with zero attached hydrogens (tertiary/aromatic N) is 3. The van der Waals surface area contributed by atoms with Crippen LogP contribution < -0.4 is 5.32 Å². The molecular weight excluding hydrogens is 435 g/mol. The van der Waals surface area contributed by atoms with Gasteiger partial charge in [0.05, 0.1) is 6.54 Å². The first kappa shape index (κ1) is 23.0. The van der Waals surface area contributed by atoms with E-state index in [1.54, 1.807) is 30.1 Å². The molecule has 2 heterocycles. The number of aromatic nitrogens is 3. The van der Waals surface area contributed by atoms with Crippen LogP contribution in [-0.4, -0.2) is 27.0 Å². The second-order valence-electron chi connectivity index (χ2n) is 8.38. The van der Waals surface area contributed by atoms with Crippen LogP contribution in [0, 0.1) is 11.7 Å². The molecule has 5 nitrogen and oxygen atoms in total. The van der Waals surface area contributed by atoms with Gasteiger partial charge in [-0.25, -0.2) is 14.4 Å². The molecule has 0 aliphatic carbocycles. The second-order valence-corrected chi connectivity index (χ2v) is 9.32. The predicted molar refractivity (Wildman–Crippen MR) is 131 cm³/mol. The lowest BCUT2D eigenvalue weighted by Gasteiger charge is -2.10. The predicted octanol–water partition coefficient (Wildman–Crippen LogP) is 5.69. The summed E-state index contributed by atoms with van der Waals surface area (Å²) in [5.41, 5.74) is 4.22. The summed E-state index contributed by atoms with van der Waals surface area (Å²) in [5.74, 6) is 0.871. The molecule has 0 bridgehead atoms. The molecule has 0 spiro atoms. The Hall–Kier alpha value is -3.19. The third kappa shape index (κ3) is 5.99. The van der Waals surface area contributed by atoms with E-state index >= 15 is 0 Å². The van der Waals surface area contributed by atoms with E-state index in [-0.39, 0.29) is 11.7 Å². The SMILES string of the molecule is CC(C)CCNC(=O)c1ccc(Cn2c(SCc3cccc(F)c3)nc3cccnc32)cc1. The van der Waals surface area contributed by atoms with Crippen LogP contribution >= 0.6 is 11.8 Å². The number of thioether (sulfide) groups is 1. The number of benzene rings is 2. The summed E-state index contributed by atoms with van der Waals surface area (Å²) in [6.07, 6.45) is 2.71. The number of carbonyl (C=O) groups is 1. The van der Waals surface area contributed by atoms with Gasteiger partial charge >= 0.3 is 0 Å². The molecule has 4 rings (SSSR count). The van der Waals surface area contributed by atoms with E-state index in [9.17, 15) is 9.18 Å². The summed E-state index contributed by atoms with van der Waals surface area (Å²) in [4.78, 5) is 21.6. The Kier molecular flexibility index (Phi) is 7.40. The fourth-order valence-electron chi connectivity index (χ4n) is 3.49. The van der Waals surface area contributed by atoms with Gasteiger partial charge in [-0.2, -0.15) is 0 Å². The van der Waals surface area contributed by atoms with Crippen LogP contribution in [0.2, 0.25) is 0 Å². The number of carbonyl (C=O) groups excluding carboxylic acids is 1. The van der Waals surface area contributed by atoms with Crippen LogP contribution in [0.1, 0.15) is 41.8 Å². The molecular formula is C26H27FN4OS. The first-order valence-electron chi connectivity index (χ1n) is 11.1. The number of amides is 1. The van der Waals surface area contributed by atoms with E-state index in [0.717, 1.165) is 33.9 Å². The Labute approximate surface area is 197 Å². The van der Waals surface area contributed by atoms with Crippen molar-refractivity contribution in [2.24, 2.45) is 5.92 Å². The van der Waals surface area contributed by atoms with Crippen LogP contribution in [0.25, 0.3) is 11.2 Å². The van der Waals surface area contributed by atoms with Crippen LogP contribution in [0.5, 0.6) is 0 Å². The number of hydrogen-bond acceptors (Lipinski definition) is 4. The Bertz CT molecular complexity index is 1240. The van der Waals surface area contributed by atoms with Crippen molar-refractivity contribution in [2.45, 2.75) is 37.7 Å². The minimum atomic E-state index is -0.239. The maximum atomic E-state index is 13.6. The van der Waals surface area contributed by atoms with Gasteiger partial charge in [-0.05, 0) is 59.9 Å². The van der Waals surface area contributed by atoms with E-state index < -0.39 is 0 Å². The van der Waals surface area contributed by atoms with E-state index in [4.69, 9.17) is 4.98 Å². The van der Waals surface area contributed by atoms with Gasteiger partial charge in [-0.1, -0.05) is 49.9 Å². The maximum Gasteiger partial charge on any atom is 0.251 e. The summed E-state index contributed by atoms with van der Waals surface area (Å²) in [6, 6.07) is 18.1. The highest BCUT2D eigenvalue weighted by Crippen LogP contribution is 2.27. The van der Waals surface area contributed by atoms with Crippen molar-refractivity contribution in [3.63, 3.8) is 0 Å². The zero-order valence-electron chi connectivity index (χ0n) is 18.8. The summed E-state index contributed by atoms with van der Waals surface area (Å²) < 4.78 is 15.6. The molecule has 7 heteroatoms. The zero-order valence-corrected chi connectivity index (χ0v) is 19.6. The zero-order chi connectivity index (χ0) is 23.2. The van der Waals surface area contributed by atoms with Crippen molar-refractivity contribution < 1.29 is 9.18 Å². The van der Waals surface area contributed by atoms with Gasteiger partial charge in [0, 0.05) is 24.1 Å². The smallest absolute Gasteiger partial charge is 0.251 e. The quantitative estimate of drug-likeness (QED) is 0.325. The lowest BCUT2D eigenvalue weighted by Crippen LogP contribution is -2.25. The fourth-order valence-corrected chi connectivity index (χ4v) is 4.43. The van der Waals surface area contributed by atoms with Gasteiger partial charge in [0.1, 0.15) is 11.3 Å². The number of hydrogen-bond donors (Lipinski definition) is 1. The van der Waals surface area contributed by atoms with Gasteiger partial charge in [0.2, 0.25) is 0 Å². The van der Waals surface area contributed by atoms with Crippen LogP contribution in [-0.2, 0) is 12.3 Å². The molecule has 4 aromatic rings. The molecule has 0 saturated heterocycles. The normalized spacial score (nSPS) is 11.3. The van der Waals surface area contributed by atoms with Crippen molar-refractivity contribution in [1.82, 2.24) is 19.9 Å². The molecule has 33 heavy (non-hydrogen) atoms. The molecule has 2 aromatic carbocycles. The molecule has 170 valence electrons. The summed E-state index contributed by atoms with van der Waals surface area (Å²) in [5, 5.41) is 3.79. The number of pyridine rings is 1. The van der Waals surface area contributed by atoms with E-state index in [1.807, 2.05) is 42.5 Å². The van der Waals surface area contributed by atoms with Gasteiger partial charge in [0.25, 0.3) is 5.91 Å². The minimum absolute atomic E-state index is 0.0525. The third-order valence-corrected chi connectivity index (χ3v) is 6.34. The van der Waals surface area contributed by atoms with E-state index in [0.29, 0.717) is 30.3 Å². The van der Waals surface area contributed by atoms with Gasteiger partial charge in [0.15, 0.2) is 10.8 Å². The van der Waals surface area contributed by atoms with Crippen molar-refractivity contribution in [3.8, 4) is 0 Å². The van der Waals surface area contributed by atoms with Crippen molar-refractivity contribution >= 4 is 28.8 Å². The van der Waals surface area contributed by atoms with Crippen LogP contribution in [0.4, 0.5) is 4.39 Å². The van der Waals surface area contributed by atoms with Crippen molar-refractivity contribution in [3.05, 3.63) is 89.4 Å². The second kappa shape index (κ2) is 10.6. The van der Waals surface area contributed by atoms with E-state index in [2.05, 4.69) is 28.7 Å². The molecule has 1 N–H and O–H groups in total. The topological polar surface area (TPSA) is 59.8 Å². The molecule has 2 aromatic heterocycles. The molecule has 1 amide bonds. The highest BCUT2D eigenvalue weighted by atomic mass is 32.2. The molecule has 0 fully saturated rings. The molecule has 0 unspecified atom stereocenters. The van der Waals surface area contributed by atoms with Gasteiger partial charge in [-0.15, -0.1) is 0 Å². The van der Waals surface area contributed by atoms with Crippen molar-refractivity contribution in [2.75, 3.05) is 6.54 Å². The average Bonchev–Trinajstić information content (AvgIpc) is 3.15. The van der Waals surface area contributed by atoms with Crippen LogP contribution in [0.15, 0.2) is 72.0 Å². The molecule has 0 aliphatic rings. The number of halogens is 1. The fraction of sp³-hybridized carbons (Fsp3) is 0.269. The van der Waals surface area contributed by atoms with E-state index in [1.165, 1.54) is 6.07 Å². The molecule has 0 saturated carbocycles. The first-order valence-corrected chi connectivity index (χ1v) is 12.0. The summed E-state index contributed by atoms with van der Waals surface area (Å²) in [7, 11) is 0. The minimum Gasteiger partial charge on any atom is -0.352 e. The Balaban J connectivity index is 1.50. The van der Waals surface area contributed by atoms with Gasteiger partial charge in [-0.3, -0.25) is 9.36 Å². The largest absolute Gasteiger partial charge is 0.352 e. The summed E-state index contributed by atoms with van der Waals surface area (Å²) in [6.45, 7) is 5.53. The number of nitrogens with one attached hydrogen (secondary N) is 1. The monoisotopic (exact) mass is 462 g/mol. The molecule has 0 aliphatic heterocycles. The number of imidazole rings is 1. The highest BCUT2D eigenvalue weighted by Gasteiger charge is 2.14. The first-order chi connectivity index (χ1) is 16.0. The van der Waals surface area contributed by atoms with Crippen molar-refractivity contribution in [1.29, 1.82) is 0 Å². The number of rotatable bonds is 9. The Morgan fingerprint density at radius 2 is 1.91 bits per heavy atom. The Morgan fingerprint density at radius 1 is 1.09 bits per heavy atom. The standard InChI is InChI=1S/C26H27FN4OS/c1-18(2)12-14-29-25(32)21-10-8-19(9-11-21)16-31-24-23(7-4-13-28-24)30-26(31)33-17-20-5-3-6-22(27)15-20/h3-11,13,15,18H,12,14,16-17H2,1-2H3,(H,29,32). The number of fused-ring (bicyclic) bond motifs is 1. The lowest BCUT2D eigenvalue weighted by atomic mass is 10.1. The average molecular weight is 463 g/mol. The highest BCUT2D eigenvalue weighted by molar-refractivity contribution is 7.98. The molecule has 0 atom stereocenters. The van der Waals surface area contributed by atoms with Crippen LogP contribution in [0.3, 0.4) is 0 Å². The maximum absolute atomic E-state index is 13.6. The Morgan fingerprint density at radius 3 is 2.67 bits per heavy atom. The lowest BCUT2D eigenvalue weighted by molar-refractivity contribution is 0.0952. The van der Waals surface area contributed by atoms with Gasteiger partial charge < -0.3 is 5.32 Å². The molecule has 0 radical (unpaired) electrons.